The van der Waals surface area contributed by atoms with Gasteiger partial charge in [0.05, 0.1) is 12.2 Å². The highest BCUT2D eigenvalue weighted by Gasteiger charge is 2.12. The number of anilines is 1. The fourth-order valence-electron chi connectivity index (χ4n) is 3.34. The van der Waals surface area contributed by atoms with Gasteiger partial charge in [-0.2, -0.15) is 0 Å². The highest BCUT2D eigenvalue weighted by molar-refractivity contribution is 7.14. The lowest BCUT2D eigenvalue weighted by Gasteiger charge is -2.25. The van der Waals surface area contributed by atoms with E-state index in [4.69, 9.17) is 0 Å². The minimum Gasteiger partial charge on any atom is -1.00 e. The Kier molecular flexibility index (Phi) is 8.09. The molecule has 0 N–H and O–H groups in total. The maximum atomic E-state index is 4.42. The van der Waals surface area contributed by atoms with Gasteiger partial charge in [-0.25, -0.2) is 4.57 Å². The quantitative estimate of drug-likeness (QED) is 0.287. The van der Waals surface area contributed by atoms with Crippen molar-refractivity contribution in [1.29, 1.82) is 0 Å². The van der Waals surface area contributed by atoms with Gasteiger partial charge in [-0.3, -0.25) is 0 Å². The minimum absolute atomic E-state index is 0. The first-order chi connectivity index (χ1) is 14.7. The van der Waals surface area contributed by atoms with E-state index in [9.17, 15) is 0 Å². The smallest absolute Gasteiger partial charge is 0.408 e. The number of thiazole rings is 1. The summed E-state index contributed by atoms with van der Waals surface area (Å²) in [5.41, 5.74) is 4.60. The van der Waals surface area contributed by atoms with Gasteiger partial charge in [0, 0.05) is 23.7 Å². The van der Waals surface area contributed by atoms with Gasteiger partial charge in [0.1, 0.15) is 11.9 Å². The normalized spacial score (nSPS) is 10.8. The standard InChI is InChI=1S/C25H25N4S.BrH/c1-20-17-28(2)25(30-20)27-26-23-13-15-24(16-14-23)29(18-21-9-5-3-6-10-21)19-22-11-7-4-8-12-22;/h3-17H,18-19H2,1-2H3;1H/q+1;/p-1. The van der Waals surface area contributed by atoms with Crippen LogP contribution >= 0.6 is 11.3 Å². The van der Waals surface area contributed by atoms with Crippen molar-refractivity contribution in [2.24, 2.45) is 17.3 Å². The molecule has 3 aromatic carbocycles. The van der Waals surface area contributed by atoms with Crippen LogP contribution in [0.1, 0.15) is 16.0 Å². The summed E-state index contributed by atoms with van der Waals surface area (Å²) in [7, 11) is 1.99. The molecule has 0 aliphatic carbocycles. The maximum absolute atomic E-state index is 4.42. The van der Waals surface area contributed by atoms with Crippen molar-refractivity contribution >= 4 is 27.8 Å². The van der Waals surface area contributed by atoms with Gasteiger partial charge in [0.2, 0.25) is 0 Å². The molecule has 4 aromatic rings. The number of benzene rings is 3. The van der Waals surface area contributed by atoms with Crippen molar-refractivity contribution in [2.45, 2.75) is 20.0 Å². The third-order valence-electron chi connectivity index (χ3n) is 4.83. The first-order valence-corrected chi connectivity index (χ1v) is 10.8. The minimum atomic E-state index is 0. The van der Waals surface area contributed by atoms with E-state index in [0.29, 0.717) is 0 Å². The predicted octanol–water partition coefficient (Wildman–Crippen LogP) is 3.51. The molecule has 0 amide bonds. The van der Waals surface area contributed by atoms with Crippen LogP contribution in [0.3, 0.4) is 0 Å². The SMILES string of the molecule is Cc1c[n+](C)c(/N=N/c2ccc(N(Cc3ccccc3)Cc3ccccc3)cc2)s1.[Br-]. The summed E-state index contributed by atoms with van der Waals surface area (Å²) in [6, 6.07) is 29.5. The average Bonchev–Trinajstić information content (AvgIpc) is 3.10. The molecule has 4 rings (SSSR count). The predicted molar refractivity (Wildman–Crippen MR) is 124 cm³/mol. The summed E-state index contributed by atoms with van der Waals surface area (Å²) < 4.78 is 2.00. The largest absolute Gasteiger partial charge is 1.00 e. The van der Waals surface area contributed by atoms with Crippen molar-refractivity contribution in [1.82, 2.24) is 0 Å². The van der Waals surface area contributed by atoms with Gasteiger partial charge >= 0.3 is 5.13 Å². The Morgan fingerprint density at radius 1 is 0.774 bits per heavy atom. The van der Waals surface area contributed by atoms with Crippen LogP contribution in [0.4, 0.5) is 16.5 Å². The van der Waals surface area contributed by atoms with Crippen LogP contribution in [0.2, 0.25) is 0 Å². The van der Waals surface area contributed by atoms with E-state index in [2.05, 4.69) is 101 Å². The second-order valence-corrected chi connectivity index (χ2v) is 8.49. The Morgan fingerprint density at radius 3 is 1.81 bits per heavy atom. The summed E-state index contributed by atoms with van der Waals surface area (Å²) in [6.45, 7) is 3.77. The molecule has 0 radical (unpaired) electrons. The van der Waals surface area contributed by atoms with E-state index in [1.165, 1.54) is 21.7 Å². The summed E-state index contributed by atoms with van der Waals surface area (Å²) >= 11 is 1.64. The number of halogens is 1. The van der Waals surface area contributed by atoms with E-state index in [-0.39, 0.29) is 17.0 Å². The van der Waals surface area contributed by atoms with Crippen LogP contribution in [0, 0.1) is 6.92 Å². The van der Waals surface area contributed by atoms with E-state index in [0.717, 1.165) is 23.9 Å². The lowest BCUT2D eigenvalue weighted by atomic mass is 10.1. The van der Waals surface area contributed by atoms with Crippen molar-refractivity contribution in [3.05, 3.63) is 107 Å². The zero-order chi connectivity index (χ0) is 20.8. The molecule has 0 saturated carbocycles. The number of rotatable bonds is 7. The molecule has 158 valence electrons. The molecule has 1 heterocycles. The molecular formula is C25H25BrN4S. The van der Waals surface area contributed by atoms with E-state index < -0.39 is 0 Å². The van der Waals surface area contributed by atoms with Gasteiger partial charge < -0.3 is 21.9 Å². The number of aryl methyl sites for hydroxylation is 2. The highest BCUT2D eigenvalue weighted by Crippen LogP contribution is 2.26. The fraction of sp³-hybridized carbons (Fsp3) is 0.160. The van der Waals surface area contributed by atoms with Crippen LogP contribution in [0.5, 0.6) is 0 Å². The van der Waals surface area contributed by atoms with Gasteiger partial charge in [0.25, 0.3) is 0 Å². The average molecular weight is 493 g/mol. The monoisotopic (exact) mass is 492 g/mol. The van der Waals surface area contributed by atoms with E-state index >= 15 is 0 Å². The maximum Gasteiger partial charge on any atom is 0.408 e. The van der Waals surface area contributed by atoms with Crippen molar-refractivity contribution in [2.75, 3.05) is 4.90 Å². The van der Waals surface area contributed by atoms with Crippen LogP contribution in [0.15, 0.2) is 101 Å². The Morgan fingerprint density at radius 2 is 1.32 bits per heavy atom. The molecule has 1 aromatic heterocycles. The third kappa shape index (κ3) is 6.32. The molecule has 4 nitrogen and oxygen atoms in total. The number of hydrogen-bond acceptors (Lipinski definition) is 4. The molecule has 0 aliphatic rings. The van der Waals surface area contributed by atoms with Crippen molar-refractivity contribution in [3.63, 3.8) is 0 Å². The first kappa shape index (κ1) is 22.8. The number of nitrogens with zero attached hydrogens (tertiary/aromatic N) is 4. The number of hydrogen-bond donors (Lipinski definition) is 0. The Balaban J connectivity index is 0.00000272. The second kappa shape index (κ2) is 11.0. The Hall–Kier alpha value is -2.83. The van der Waals surface area contributed by atoms with Gasteiger partial charge in [-0.05, 0) is 58.8 Å². The molecule has 0 aliphatic heterocycles. The van der Waals surface area contributed by atoms with Gasteiger partial charge in [0.15, 0.2) is 0 Å². The second-order valence-electron chi connectivity index (χ2n) is 7.28. The van der Waals surface area contributed by atoms with Crippen LogP contribution in [-0.2, 0) is 20.1 Å². The zero-order valence-corrected chi connectivity index (χ0v) is 20.1. The fourth-order valence-corrected chi connectivity index (χ4v) is 4.12. The third-order valence-corrected chi connectivity index (χ3v) is 5.81. The summed E-state index contributed by atoms with van der Waals surface area (Å²) in [6.07, 6.45) is 2.06. The van der Waals surface area contributed by atoms with Gasteiger partial charge in [-0.1, -0.05) is 60.7 Å². The Labute approximate surface area is 198 Å². The molecular weight excluding hydrogens is 468 g/mol. The summed E-state index contributed by atoms with van der Waals surface area (Å²) in [4.78, 5) is 3.60. The summed E-state index contributed by atoms with van der Waals surface area (Å²) in [5, 5.41) is 9.71. The van der Waals surface area contributed by atoms with Crippen molar-refractivity contribution in [3.8, 4) is 0 Å². The molecule has 0 fully saturated rings. The first-order valence-electron chi connectivity index (χ1n) is 9.98. The topological polar surface area (TPSA) is 31.8 Å². The van der Waals surface area contributed by atoms with Crippen molar-refractivity contribution < 1.29 is 21.5 Å². The molecule has 31 heavy (non-hydrogen) atoms. The molecule has 0 bridgehead atoms. The lowest BCUT2D eigenvalue weighted by molar-refractivity contribution is -0.654. The van der Waals surface area contributed by atoms with Crippen LogP contribution in [-0.4, -0.2) is 0 Å². The molecule has 0 spiro atoms. The Bertz CT molecular complexity index is 1070. The van der Waals surface area contributed by atoms with E-state index in [1.54, 1.807) is 11.3 Å². The lowest BCUT2D eigenvalue weighted by Crippen LogP contribution is -3.00. The summed E-state index contributed by atoms with van der Waals surface area (Å²) in [5.74, 6) is 0. The number of azo groups is 1. The van der Waals surface area contributed by atoms with Crippen LogP contribution in [0.25, 0.3) is 0 Å². The van der Waals surface area contributed by atoms with Gasteiger partial charge in [-0.15, -0.1) is 0 Å². The van der Waals surface area contributed by atoms with E-state index in [1.807, 2.05) is 23.7 Å². The zero-order valence-electron chi connectivity index (χ0n) is 17.6. The molecule has 0 saturated heterocycles. The number of aromatic nitrogens is 1. The molecule has 0 unspecified atom stereocenters. The highest BCUT2D eigenvalue weighted by atomic mass is 79.9. The molecule has 0 atom stereocenters. The molecule has 6 heteroatoms. The van der Waals surface area contributed by atoms with Crippen LogP contribution < -0.4 is 26.4 Å².